The van der Waals surface area contributed by atoms with Crippen molar-refractivity contribution >= 4 is 21.8 Å². The monoisotopic (exact) mass is 325 g/mol. The van der Waals surface area contributed by atoms with Crippen LogP contribution in [0.25, 0.3) is 0 Å². The van der Waals surface area contributed by atoms with Crippen LogP contribution in [-0.4, -0.2) is 49.8 Å². The first-order valence-electron chi connectivity index (χ1n) is 7.87. The molecule has 0 atom stereocenters. The van der Waals surface area contributed by atoms with Gasteiger partial charge in [-0.25, -0.2) is 18.1 Å². The van der Waals surface area contributed by atoms with E-state index in [2.05, 4.69) is 24.9 Å². The zero-order valence-corrected chi connectivity index (χ0v) is 13.7. The van der Waals surface area contributed by atoms with E-state index in [9.17, 15) is 8.42 Å². The maximum atomic E-state index is 11.7. The number of sulfonamides is 1. The van der Waals surface area contributed by atoms with Crippen LogP contribution in [0.4, 0.5) is 11.8 Å². The quantitative estimate of drug-likeness (QED) is 0.724. The second kappa shape index (κ2) is 6.37. The molecule has 1 aromatic heterocycles. The van der Waals surface area contributed by atoms with Gasteiger partial charge >= 0.3 is 0 Å². The van der Waals surface area contributed by atoms with Gasteiger partial charge in [-0.2, -0.15) is 4.98 Å². The van der Waals surface area contributed by atoms with E-state index in [1.165, 1.54) is 12.8 Å². The van der Waals surface area contributed by atoms with Crippen LogP contribution in [0, 0.1) is 6.92 Å². The molecule has 7 nitrogen and oxygen atoms in total. The molecular weight excluding hydrogens is 302 g/mol. The lowest BCUT2D eigenvalue weighted by Crippen LogP contribution is -2.31. The Morgan fingerprint density at radius 1 is 1.23 bits per heavy atom. The number of nitrogens with zero attached hydrogens (tertiary/aromatic N) is 3. The van der Waals surface area contributed by atoms with Crippen LogP contribution in [-0.2, 0) is 10.0 Å². The SMILES string of the molecule is Cc1cc(N2CCCC2)nc(NCCNS(=O)(=O)C2CC2)n1. The third kappa shape index (κ3) is 3.86. The van der Waals surface area contributed by atoms with Crippen LogP contribution >= 0.6 is 0 Å². The molecular formula is C14H23N5O2S. The summed E-state index contributed by atoms with van der Waals surface area (Å²) < 4.78 is 26.0. The molecule has 2 N–H and O–H groups in total. The smallest absolute Gasteiger partial charge is 0.224 e. The van der Waals surface area contributed by atoms with Gasteiger partial charge in [0.2, 0.25) is 16.0 Å². The molecule has 0 amide bonds. The number of rotatable bonds is 7. The molecule has 122 valence electrons. The fourth-order valence-electron chi connectivity index (χ4n) is 2.60. The highest BCUT2D eigenvalue weighted by Gasteiger charge is 2.35. The highest BCUT2D eigenvalue weighted by atomic mass is 32.2. The second-order valence-electron chi connectivity index (χ2n) is 5.95. The Hall–Kier alpha value is -1.41. The van der Waals surface area contributed by atoms with Crippen molar-refractivity contribution in [1.82, 2.24) is 14.7 Å². The Morgan fingerprint density at radius 3 is 2.64 bits per heavy atom. The van der Waals surface area contributed by atoms with Crippen molar-refractivity contribution in [2.75, 3.05) is 36.4 Å². The first-order chi connectivity index (χ1) is 10.5. The van der Waals surface area contributed by atoms with Crippen LogP contribution in [0.5, 0.6) is 0 Å². The van der Waals surface area contributed by atoms with Crippen LogP contribution < -0.4 is 14.9 Å². The molecule has 3 rings (SSSR count). The van der Waals surface area contributed by atoms with Gasteiger partial charge in [0.1, 0.15) is 5.82 Å². The molecule has 2 fully saturated rings. The number of aryl methyl sites for hydroxylation is 1. The molecule has 2 aliphatic rings. The largest absolute Gasteiger partial charge is 0.356 e. The van der Waals surface area contributed by atoms with E-state index in [0.29, 0.717) is 19.0 Å². The van der Waals surface area contributed by atoms with E-state index >= 15 is 0 Å². The topological polar surface area (TPSA) is 87.2 Å². The predicted molar refractivity (Wildman–Crippen MR) is 86.7 cm³/mol. The minimum atomic E-state index is -3.11. The van der Waals surface area contributed by atoms with Crippen molar-refractivity contribution in [3.05, 3.63) is 11.8 Å². The minimum Gasteiger partial charge on any atom is -0.356 e. The van der Waals surface area contributed by atoms with Crippen LogP contribution in [0.1, 0.15) is 31.4 Å². The van der Waals surface area contributed by atoms with E-state index in [0.717, 1.165) is 37.4 Å². The Labute approximate surface area is 131 Å². The molecule has 0 unspecified atom stereocenters. The summed E-state index contributed by atoms with van der Waals surface area (Å²) in [6.45, 7) is 4.86. The van der Waals surface area contributed by atoms with Crippen LogP contribution in [0.2, 0.25) is 0 Å². The molecule has 0 radical (unpaired) electrons. The second-order valence-corrected chi connectivity index (χ2v) is 8.00. The van der Waals surface area contributed by atoms with E-state index in [4.69, 9.17) is 0 Å². The van der Waals surface area contributed by atoms with Crippen molar-refractivity contribution < 1.29 is 8.42 Å². The minimum absolute atomic E-state index is 0.176. The lowest BCUT2D eigenvalue weighted by Gasteiger charge is -2.17. The summed E-state index contributed by atoms with van der Waals surface area (Å²) in [6, 6.07) is 1.99. The van der Waals surface area contributed by atoms with Crippen molar-refractivity contribution in [2.45, 2.75) is 37.9 Å². The fourth-order valence-corrected chi connectivity index (χ4v) is 3.98. The summed E-state index contributed by atoms with van der Waals surface area (Å²) in [5.74, 6) is 1.51. The first kappa shape index (κ1) is 15.5. The zero-order chi connectivity index (χ0) is 15.6. The average Bonchev–Trinajstić information content (AvgIpc) is 3.20. The normalized spacial score (nSPS) is 18.7. The van der Waals surface area contributed by atoms with Gasteiger partial charge in [-0.15, -0.1) is 0 Å². The van der Waals surface area contributed by atoms with Crippen molar-refractivity contribution in [3.8, 4) is 0 Å². The van der Waals surface area contributed by atoms with Gasteiger partial charge < -0.3 is 10.2 Å². The molecule has 0 bridgehead atoms. The molecule has 0 aromatic carbocycles. The standard InChI is InChI=1S/C14H23N5O2S/c1-11-10-13(19-8-2-3-9-19)18-14(17-11)15-6-7-16-22(20,21)12-4-5-12/h10,12,16H,2-9H2,1H3,(H,15,17,18). The van der Waals surface area contributed by atoms with Gasteiger partial charge in [0, 0.05) is 37.9 Å². The predicted octanol–water partition coefficient (Wildman–Crippen LogP) is 0.879. The van der Waals surface area contributed by atoms with Gasteiger partial charge in [0.05, 0.1) is 5.25 Å². The van der Waals surface area contributed by atoms with E-state index in [-0.39, 0.29) is 5.25 Å². The molecule has 1 saturated heterocycles. The molecule has 8 heteroatoms. The highest BCUT2D eigenvalue weighted by Crippen LogP contribution is 2.27. The summed E-state index contributed by atoms with van der Waals surface area (Å²) in [6.07, 6.45) is 3.97. The average molecular weight is 325 g/mol. The maximum absolute atomic E-state index is 11.7. The fraction of sp³-hybridized carbons (Fsp3) is 0.714. The Morgan fingerprint density at radius 2 is 1.95 bits per heavy atom. The Balaban J connectivity index is 1.53. The number of nitrogens with one attached hydrogen (secondary N) is 2. The molecule has 0 spiro atoms. The van der Waals surface area contributed by atoms with Gasteiger partial charge in [-0.05, 0) is 32.6 Å². The summed E-state index contributed by atoms with van der Waals surface area (Å²) >= 11 is 0. The van der Waals surface area contributed by atoms with Gasteiger partial charge in [0.15, 0.2) is 0 Å². The molecule has 1 aromatic rings. The Kier molecular flexibility index (Phi) is 4.49. The van der Waals surface area contributed by atoms with Crippen molar-refractivity contribution in [3.63, 3.8) is 0 Å². The van der Waals surface area contributed by atoms with Crippen molar-refractivity contribution in [1.29, 1.82) is 0 Å². The van der Waals surface area contributed by atoms with Crippen molar-refractivity contribution in [2.24, 2.45) is 0 Å². The molecule has 1 aliphatic heterocycles. The number of anilines is 2. The summed E-state index contributed by atoms with van der Waals surface area (Å²) in [5.41, 5.74) is 0.915. The van der Waals surface area contributed by atoms with Gasteiger partial charge in [-0.3, -0.25) is 0 Å². The maximum Gasteiger partial charge on any atom is 0.224 e. The van der Waals surface area contributed by atoms with E-state index in [1.807, 2.05) is 13.0 Å². The third-order valence-corrected chi connectivity index (χ3v) is 5.90. The third-order valence-electron chi connectivity index (χ3n) is 3.95. The lowest BCUT2D eigenvalue weighted by atomic mass is 10.4. The van der Waals surface area contributed by atoms with E-state index in [1.54, 1.807) is 0 Å². The first-order valence-corrected chi connectivity index (χ1v) is 9.42. The Bertz CT molecular complexity index is 624. The molecule has 1 saturated carbocycles. The van der Waals surface area contributed by atoms with Gasteiger partial charge in [0.25, 0.3) is 0 Å². The van der Waals surface area contributed by atoms with Gasteiger partial charge in [-0.1, -0.05) is 0 Å². The summed E-state index contributed by atoms with van der Waals surface area (Å²) in [5, 5.41) is 2.93. The molecule has 1 aliphatic carbocycles. The van der Waals surface area contributed by atoms with E-state index < -0.39 is 10.0 Å². The summed E-state index contributed by atoms with van der Waals surface area (Å²) in [7, 11) is -3.11. The number of hydrogen-bond donors (Lipinski definition) is 2. The van der Waals surface area contributed by atoms with Crippen LogP contribution in [0.15, 0.2) is 6.07 Å². The lowest BCUT2D eigenvalue weighted by molar-refractivity contribution is 0.581. The number of hydrogen-bond acceptors (Lipinski definition) is 6. The highest BCUT2D eigenvalue weighted by molar-refractivity contribution is 7.90. The zero-order valence-electron chi connectivity index (χ0n) is 12.9. The summed E-state index contributed by atoms with van der Waals surface area (Å²) in [4.78, 5) is 11.1. The number of aromatic nitrogens is 2. The molecule has 22 heavy (non-hydrogen) atoms. The molecule has 2 heterocycles. The van der Waals surface area contributed by atoms with Crippen LogP contribution in [0.3, 0.4) is 0 Å².